The van der Waals surface area contributed by atoms with Gasteiger partial charge in [0.05, 0.1) is 17.0 Å². The predicted octanol–water partition coefficient (Wildman–Crippen LogP) is -0.0633. The van der Waals surface area contributed by atoms with Crippen LogP contribution in [-0.2, 0) is 14.6 Å². The third-order valence-corrected chi connectivity index (χ3v) is 5.16. The number of carbonyl (C=O) groups excluding carboxylic acids is 1. The van der Waals surface area contributed by atoms with Crippen molar-refractivity contribution < 1.29 is 13.2 Å². The van der Waals surface area contributed by atoms with Crippen molar-refractivity contribution in [1.29, 1.82) is 0 Å². The summed E-state index contributed by atoms with van der Waals surface area (Å²) in [5, 5.41) is 0. The van der Waals surface area contributed by atoms with Gasteiger partial charge in [0.1, 0.15) is 0 Å². The second-order valence-corrected chi connectivity index (χ2v) is 7.11. The van der Waals surface area contributed by atoms with Crippen LogP contribution in [0, 0.1) is 0 Å². The highest BCUT2D eigenvalue weighted by Gasteiger charge is 2.41. The summed E-state index contributed by atoms with van der Waals surface area (Å²) in [5.41, 5.74) is 5.34. The molecule has 1 saturated heterocycles. The molecule has 7 heteroatoms. The minimum atomic E-state index is -2.93. The van der Waals surface area contributed by atoms with Gasteiger partial charge in [-0.3, -0.25) is 4.79 Å². The summed E-state index contributed by atoms with van der Waals surface area (Å²) >= 11 is 0. The lowest BCUT2D eigenvalue weighted by Gasteiger charge is -2.33. The van der Waals surface area contributed by atoms with E-state index in [-0.39, 0.29) is 29.8 Å². The van der Waals surface area contributed by atoms with Crippen LogP contribution < -0.4 is 5.73 Å². The highest BCUT2D eigenvalue weighted by molar-refractivity contribution is 7.91. The zero-order chi connectivity index (χ0) is 11.8. The third-order valence-electron chi connectivity index (χ3n) is 3.55. The molecular weight excluding hydrogens is 264 g/mol. The summed E-state index contributed by atoms with van der Waals surface area (Å²) in [6, 6.07) is 0. The van der Waals surface area contributed by atoms with E-state index in [0.717, 1.165) is 25.7 Å². The third kappa shape index (κ3) is 3.11. The van der Waals surface area contributed by atoms with E-state index >= 15 is 0 Å². The lowest BCUT2D eigenvalue weighted by Crippen LogP contribution is -2.56. The number of rotatable bonds is 1. The van der Waals surface area contributed by atoms with Crippen LogP contribution in [0.5, 0.6) is 0 Å². The van der Waals surface area contributed by atoms with Crippen LogP contribution in [0.3, 0.4) is 0 Å². The summed E-state index contributed by atoms with van der Waals surface area (Å²) in [5.74, 6) is 0.101. The Balaban J connectivity index is 0.00000144. The van der Waals surface area contributed by atoms with Gasteiger partial charge in [-0.05, 0) is 12.8 Å². The maximum absolute atomic E-state index is 12.1. The summed E-state index contributed by atoms with van der Waals surface area (Å²) in [6.07, 6.45) is 3.45. The van der Waals surface area contributed by atoms with E-state index < -0.39 is 15.4 Å². The lowest BCUT2D eigenvalue weighted by atomic mass is 9.97. The minimum absolute atomic E-state index is 0. The van der Waals surface area contributed by atoms with Crippen LogP contribution in [0.2, 0.25) is 0 Å². The molecule has 17 heavy (non-hydrogen) atoms. The van der Waals surface area contributed by atoms with Gasteiger partial charge in [-0.15, -0.1) is 12.4 Å². The van der Waals surface area contributed by atoms with Crippen molar-refractivity contribution in [2.75, 3.05) is 24.6 Å². The summed E-state index contributed by atoms with van der Waals surface area (Å²) < 4.78 is 22.5. The first-order chi connectivity index (χ1) is 7.43. The molecule has 0 radical (unpaired) electrons. The molecule has 0 atom stereocenters. The van der Waals surface area contributed by atoms with Crippen molar-refractivity contribution in [2.45, 2.75) is 31.2 Å². The van der Waals surface area contributed by atoms with Gasteiger partial charge in [0.15, 0.2) is 9.84 Å². The first-order valence-electron chi connectivity index (χ1n) is 5.72. The van der Waals surface area contributed by atoms with Gasteiger partial charge in [-0.1, -0.05) is 12.8 Å². The van der Waals surface area contributed by atoms with Crippen LogP contribution in [0.4, 0.5) is 0 Å². The van der Waals surface area contributed by atoms with Crippen LogP contribution in [-0.4, -0.2) is 49.4 Å². The Kier molecular flexibility index (Phi) is 4.43. The van der Waals surface area contributed by atoms with Crippen molar-refractivity contribution in [2.24, 2.45) is 5.73 Å². The number of sulfone groups is 1. The molecule has 1 aliphatic carbocycles. The fraction of sp³-hybridized carbons (Fsp3) is 0.900. The Morgan fingerprint density at radius 3 is 2.06 bits per heavy atom. The molecule has 0 unspecified atom stereocenters. The monoisotopic (exact) mass is 282 g/mol. The van der Waals surface area contributed by atoms with Gasteiger partial charge in [0.2, 0.25) is 5.91 Å². The number of hydrogen-bond donors (Lipinski definition) is 1. The Morgan fingerprint density at radius 2 is 1.59 bits per heavy atom. The quantitative estimate of drug-likeness (QED) is 0.730. The SMILES string of the molecule is Cl.NC1(C(=O)N2CCS(=O)(=O)CC2)CCCC1. The largest absolute Gasteiger partial charge is 0.339 e. The van der Waals surface area contributed by atoms with E-state index in [4.69, 9.17) is 5.73 Å². The fourth-order valence-corrected chi connectivity index (χ4v) is 3.65. The van der Waals surface area contributed by atoms with E-state index in [1.54, 1.807) is 4.90 Å². The highest BCUT2D eigenvalue weighted by Crippen LogP contribution is 2.29. The van der Waals surface area contributed by atoms with E-state index in [9.17, 15) is 13.2 Å². The normalized spacial score (nSPS) is 26.3. The van der Waals surface area contributed by atoms with Gasteiger partial charge in [0.25, 0.3) is 0 Å². The average Bonchev–Trinajstić information content (AvgIpc) is 2.66. The van der Waals surface area contributed by atoms with Crippen LogP contribution in [0.25, 0.3) is 0 Å². The van der Waals surface area contributed by atoms with Crippen molar-refractivity contribution in [1.82, 2.24) is 4.90 Å². The summed E-state index contributed by atoms with van der Waals surface area (Å²) in [6.45, 7) is 0.611. The summed E-state index contributed by atoms with van der Waals surface area (Å²) in [4.78, 5) is 13.8. The zero-order valence-corrected chi connectivity index (χ0v) is 11.4. The smallest absolute Gasteiger partial charge is 0.242 e. The van der Waals surface area contributed by atoms with E-state index in [2.05, 4.69) is 0 Å². The van der Waals surface area contributed by atoms with E-state index in [0.29, 0.717) is 13.1 Å². The van der Waals surface area contributed by atoms with Crippen LogP contribution >= 0.6 is 12.4 Å². The number of nitrogens with zero attached hydrogens (tertiary/aromatic N) is 1. The second-order valence-electron chi connectivity index (χ2n) is 4.81. The fourth-order valence-electron chi connectivity index (χ4n) is 2.45. The zero-order valence-electron chi connectivity index (χ0n) is 9.72. The molecular formula is C10H19ClN2O3S. The highest BCUT2D eigenvalue weighted by atomic mass is 35.5. The molecule has 0 aromatic rings. The molecule has 1 heterocycles. The second kappa shape index (κ2) is 5.12. The molecule has 2 fully saturated rings. The van der Waals surface area contributed by atoms with E-state index in [1.807, 2.05) is 0 Å². The molecule has 1 amide bonds. The Bertz CT molecular complexity index is 376. The van der Waals surface area contributed by atoms with Crippen molar-refractivity contribution in [3.05, 3.63) is 0 Å². The average molecular weight is 283 g/mol. The number of hydrogen-bond acceptors (Lipinski definition) is 4. The molecule has 0 bridgehead atoms. The van der Waals surface area contributed by atoms with Crippen molar-refractivity contribution >= 4 is 28.2 Å². The maximum atomic E-state index is 12.1. The van der Waals surface area contributed by atoms with E-state index in [1.165, 1.54) is 0 Å². The number of amides is 1. The van der Waals surface area contributed by atoms with Crippen molar-refractivity contribution in [3.8, 4) is 0 Å². The van der Waals surface area contributed by atoms with Crippen LogP contribution in [0.1, 0.15) is 25.7 Å². The Hall–Kier alpha value is -0.330. The molecule has 1 aliphatic heterocycles. The lowest BCUT2D eigenvalue weighted by molar-refractivity contribution is -0.136. The minimum Gasteiger partial charge on any atom is -0.339 e. The standard InChI is InChI=1S/C10H18N2O3S.ClH/c11-10(3-1-2-4-10)9(13)12-5-7-16(14,15)8-6-12;/h1-8,11H2;1H. The van der Waals surface area contributed by atoms with Gasteiger partial charge >= 0.3 is 0 Å². The Morgan fingerprint density at radius 1 is 1.12 bits per heavy atom. The number of nitrogens with two attached hydrogens (primary N) is 1. The molecule has 1 saturated carbocycles. The number of carbonyl (C=O) groups is 1. The first kappa shape index (κ1) is 14.7. The molecule has 5 nitrogen and oxygen atoms in total. The molecule has 2 rings (SSSR count). The maximum Gasteiger partial charge on any atom is 0.242 e. The molecule has 100 valence electrons. The first-order valence-corrected chi connectivity index (χ1v) is 7.54. The van der Waals surface area contributed by atoms with Gasteiger partial charge < -0.3 is 10.6 Å². The predicted molar refractivity (Wildman–Crippen MR) is 67.9 cm³/mol. The Labute approximate surface area is 108 Å². The summed E-state index contributed by atoms with van der Waals surface area (Å²) in [7, 11) is -2.93. The molecule has 0 spiro atoms. The molecule has 2 N–H and O–H groups in total. The van der Waals surface area contributed by atoms with Crippen molar-refractivity contribution in [3.63, 3.8) is 0 Å². The van der Waals surface area contributed by atoms with Gasteiger partial charge in [-0.2, -0.15) is 0 Å². The van der Waals surface area contributed by atoms with Crippen LogP contribution in [0.15, 0.2) is 0 Å². The molecule has 0 aromatic heterocycles. The topological polar surface area (TPSA) is 80.5 Å². The molecule has 0 aromatic carbocycles. The van der Waals surface area contributed by atoms with Gasteiger partial charge in [-0.25, -0.2) is 8.42 Å². The van der Waals surface area contributed by atoms with Gasteiger partial charge in [0, 0.05) is 13.1 Å². The molecule has 2 aliphatic rings. The number of halogens is 1.